The molecule has 0 spiro atoms. The Balaban J connectivity index is 1.87. The summed E-state index contributed by atoms with van der Waals surface area (Å²) in [7, 11) is 0.294. The van der Waals surface area contributed by atoms with Crippen molar-refractivity contribution in [1.82, 2.24) is 14.8 Å². The van der Waals surface area contributed by atoms with Crippen LogP contribution in [0.4, 0.5) is 0 Å². The molecular weight excluding hydrogens is 386 g/mol. The van der Waals surface area contributed by atoms with E-state index in [1.54, 1.807) is 41.1 Å². The van der Waals surface area contributed by atoms with Crippen molar-refractivity contribution in [2.24, 2.45) is 0 Å². The third kappa shape index (κ3) is 4.86. The summed E-state index contributed by atoms with van der Waals surface area (Å²) < 4.78 is 28.1. The molecule has 6 nitrogen and oxygen atoms in total. The average molecular weight is 414 g/mol. The number of benzene rings is 2. The standard InChI is InChI=1S/C22H27N3O3S/c1-17-9-11-18(12-10-17)29(27,28)21-15-25(20-8-5-4-7-19(20)21)16-22(26)23-13-6-14-24(2)3/h4-5,7-12,15H,6,13-14,16H2,1-3H3,(H,23,26). The molecule has 0 saturated heterocycles. The third-order valence-electron chi connectivity index (χ3n) is 4.79. The number of hydrogen-bond donors (Lipinski definition) is 1. The second-order valence-corrected chi connectivity index (χ2v) is 9.38. The molecule has 1 aromatic heterocycles. The topological polar surface area (TPSA) is 71.4 Å². The molecule has 3 rings (SSSR count). The fourth-order valence-corrected chi connectivity index (χ4v) is 4.71. The fraction of sp³-hybridized carbons (Fsp3) is 0.318. The minimum atomic E-state index is -3.69. The van der Waals surface area contributed by atoms with Crippen LogP contribution in [0, 0.1) is 6.92 Å². The summed E-state index contributed by atoms with van der Waals surface area (Å²) in [4.78, 5) is 14.9. The maximum Gasteiger partial charge on any atom is 0.239 e. The van der Waals surface area contributed by atoms with Gasteiger partial charge in [0, 0.05) is 23.6 Å². The molecule has 0 unspecified atom stereocenters. The SMILES string of the molecule is Cc1ccc(S(=O)(=O)c2cn(CC(=O)NCCCN(C)C)c3ccccc23)cc1. The van der Waals surface area contributed by atoms with Crippen LogP contribution in [-0.2, 0) is 21.2 Å². The smallest absolute Gasteiger partial charge is 0.239 e. The van der Waals surface area contributed by atoms with Crippen LogP contribution in [0.5, 0.6) is 0 Å². The Kier molecular flexibility index (Phi) is 6.39. The second-order valence-electron chi connectivity index (χ2n) is 7.46. The second kappa shape index (κ2) is 8.80. The Morgan fingerprint density at radius 2 is 1.76 bits per heavy atom. The lowest BCUT2D eigenvalue weighted by Gasteiger charge is -2.10. The Morgan fingerprint density at radius 1 is 1.07 bits per heavy atom. The van der Waals surface area contributed by atoms with Crippen LogP contribution in [0.1, 0.15) is 12.0 Å². The Labute approximate surface area is 172 Å². The summed E-state index contributed by atoms with van der Waals surface area (Å²) in [5, 5.41) is 3.52. The van der Waals surface area contributed by atoms with Crippen molar-refractivity contribution >= 4 is 26.6 Å². The minimum absolute atomic E-state index is 0.0753. The van der Waals surface area contributed by atoms with E-state index < -0.39 is 9.84 Å². The number of nitrogens with zero attached hydrogens (tertiary/aromatic N) is 2. The molecule has 0 aliphatic heterocycles. The molecule has 29 heavy (non-hydrogen) atoms. The number of fused-ring (bicyclic) bond motifs is 1. The first-order chi connectivity index (χ1) is 13.8. The number of nitrogens with one attached hydrogen (secondary N) is 1. The summed E-state index contributed by atoms with van der Waals surface area (Å²) in [6.07, 6.45) is 2.43. The van der Waals surface area contributed by atoms with E-state index in [-0.39, 0.29) is 22.2 Å². The number of carbonyl (C=O) groups excluding carboxylic acids is 1. The monoisotopic (exact) mass is 413 g/mol. The third-order valence-corrected chi connectivity index (χ3v) is 6.59. The number of para-hydroxylation sites is 1. The van der Waals surface area contributed by atoms with Gasteiger partial charge in [-0.05, 0) is 52.2 Å². The predicted octanol–water partition coefficient (Wildman–Crippen LogP) is 2.85. The van der Waals surface area contributed by atoms with Gasteiger partial charge in [-0.1, -0.05) is 35.9 Å². The first kappa shape index (κ1) is 21.1. The fourth-order valence-electron chi connectivity index (χ4n) is 3.24. The first-order valence-electron chi connectivity index (χ1n) is 9.60. The summed E-state index contributed by atoms with van der Waals surface area (Å²) in [5.74, 6) is -0.135. The van der Waals surface area contributed by atoms with Gasteiger partial charge in [0.1, 0.15) is 6.54 Å². The van der Waals surface area contributed by atoms with Crippen LogP contribution < -0.4 is 5.32 Å². The van der Waals surface area contributed by atoms with E-state index in [4.69, 9.17) is 0 Å². The Morgan fingerprint density at radius 3 is 2.45 bits per heavy atom. The van der Waals surface area contributed by atoms with E-state index in [9.17, 15) is 13.2 Å². The van der Waals surface area contributed by atoms with Crippen LogP contribution in [0.3, 0.4) is 0 Å². The highest BCUT2D eigenvalue weighted by atomic mass is 32.2. The maximum absolute atomic E-state index is 13.2. The lowest BCUT2D eigenvalue weighted by Crippen LogP contribution is -2.30. The number of aryl methyl sites for hydroxylation is 1. The predicted molar refractivity (Wildman–Crippen MR) is 115 cm³/mol. The molecule has 1 heterocycles. The van der Waals surface area contributed by atoms with Crippen molar-refractivity contribution in [2.45, 2.75) is 29.7 Å². The van der Waals surface area contributed by atoms with Gasteiger partial charge in [0.05, 0.1) is 9.79 Å². The number of hydrogen-bond acceptors (Lipinski definition) is 4. The zero-order valence-corrected chi connectivity index (χ0v) is 17.9. The van der Waals surface area contributed by atoms with Gasteiger partial charge < -0.3 is 14.8 Å². The lowest BCUT2D eigenvalue weighted by molar-refractivity contribution is -0.121. The Bertz CT molecular complexity index is 1100. The molecular formula is C22H27N3O3S. The van der Waals surface area contributed by atoms with E-state index in [0.29, 0.717) is 11.9 Å². The molecule has 0 bridgehead atoms. The van der Waals surface area contributed by atoms with Crippen molar-refractivity contribution in [1.29, 1.82) is 0 Å². The number of rotatable bonds is 8. The minimum Gasteiger partial charge on any atom is -0.355 e. The molecule has 1 N–H and O–H groups in total. The van der Waals surface area contributed by atoms with Crippen LogP contribution in [-0.4, -0.2) is 51.0 Å². The zero-order valence-electron chi connectivity index (χ0n) is 17.1. The molecule has 0 radical (unpaired) electrons. The van der Waals surface area contributed by atoms with Gasteiger partial charge in [-0.2, -0.15) is 0 Å². The molecule has 0 fully saturated rings. The summed E-state index contributed by atoms with van der Waals surface area (Å²) >= 11 is 0. The van der Waals surface area contributed by atoms with Crippen LogP contribution in [0.25, 0.3) is 10.9 Å². The molecule has 1 amide bonds. The van der Waals surface area contributed by atoms with Gasteiger partial charge in [-0.25, -0.2) is 8.42 Å². The molecule has 0 saturated carbocycles. The van der Waals surface area contributed by atoms with E-state index in [1.807, 2.05) is 39.2 Å². The largest absolute Gasteiger partial charge is 0.355 e. The molecule has 0 aliphatic carbocycles. The van der Waals surface area contributed by atoms with Gasteiger partial charge in [0.2, 0.25) is 15.7 Å². The van der Waals surface area contributed by atoms with Crippen LogP contribution in [0.2, 0.25) is 0 Å². The average Bonchev–Trinajstić information content (AvgIpc) is 3.05. The highest BCUT2D eigenvalue weighted by molar-refractivity contribution is 7.91. The van der Waals surface area contributed by atoms with Crippen LogP contribution >= 0.6 is 0 Å². The van der Waals surface area contributed by atoms with E-state index >= 15 is 0 Å². The van der Waals surface area contributed by atoms with Gasteiger partial charge in [0.15, 0.2) is 0 Å². The normalized spacial score (nSPS) is 11.9. The number of amides is 1. The zero-order chi connectivity index (χ0) is 21.0. The highest BCUT2D eigenvalue weighted by Gasteiger charge is 2.23. The quantitative estimate of drug-likeness (QED) is 0.577. The molecule has 0 aliphatic rings. The summed E-state index contributed by atoms with van der Waals surface area (Å²) in [6, 6.07) is 14.1. The van der Waals surface area contributed by atoms with Gasteiger partial charge in [-0.3, -0.25) is 4.79 Å². The van der Waals surface area contributed by atoms with Crippen molar-refractivity contribution in [2.75, 3.05) is 27.2 Å². The van der Waals surface area contributed by atoms with E-state index in [0.717, 1.165) is 24.0 Å². The molecule has 3 aromatic rings. The molecule has 7 heteroatoms. The molecule has 154 valence electrons. The van der Waals surface area contributed by atoms with E-state index in [1.165, 1.54) is 0 Å². The van der Waals surface area contributed by atoms with E-state index in [2.05, 4.69) is 10.2 Å². The number of sulfone groups is 1. The maximum atomic E-state index is 13.2. The van der Waals surface area contributed by atoms with Gasteiger partial charge >= 0.3 is 0 Å². The molecule has 0 atom stereocenters. The number of aromatic nitrogens is 1. The lowest BCUT2D eigenvalue weighted by atomic mass is 10.2. The molecule has 2 aromatic carbocycles. The van der Waals surface area contributed by atoms with Gasteiger partial charge in [-0.15, -0.1) is 0 Å². The van der Waals surface area contributed by atoms with Crippen molar-refractivity contribution < 1.29 is 13.2 Å². The van der Waals surface area contributed by atoms with Crippen molar-refractivity contribution in [3.63, 3.8) is 0 Å². The van der Waals surface area contributed by atoms with Crippen molar-refractivity contribution in [3.8, 4) is 0 Å². The summed E-state index contributed by atoms with van der Waals surface area (Å²) in [5.41, 5.74) is 1.72. The summed E-state index contributed by atoms with van der Waals surface area (Å²) in [6.45, 7) is 3.47. The number of carbonyl (C=O) groups is 1. The first-order valence-corrected chi connectivity index (χ1v) is 11.1. The Hall–Kier alpha value is -2.64. The van der Waals surface area contributed by atoms with Crippen LogP contribution in [0.15, 0.2) is 64.5 Å². The highest BCUT2D eigenvalue weighted by Crippen LogP contribution is 2.30. The van der Waals surface area contributed by atoms with Gasteiger partial charge in [0.25, 0.3) is 0 Å². The van der Waals surface area contributed by atoms with Crippen molar-refractivity contribution in [3.05, 3.63) is 60.3 Å².